The van der Waals surface area contributed by atoms with E-state index in [-0.39, 0.29) is 12.1 Å². The van der Waals surface area contributed by atoms with Gasteiger partial charge in [0.15, 0.2) is 0 Å². The lowest BCUT2D eigenvalue weighted by atomic mass is 10.1. The van der Waals surface area contributed by atoms with Gasteiger partial charge in [0.25, 0.3) is 0 Å². The van der Waals surface area contributed by atoms with Gasteiger partial charge in [0.2, 0.25) is 0 Å². The zero-order chi connectivity index (χ0) is 13.1. The maximum absolute atomic E-state index is 13.5. The van der Waals surface area contributed by atoms with Crippen LogP contribution in [0.2, 0.25) is 0 Å². The van der Waals surface area contributed by atoms with Crippen molar-refractivity contribution in [2.24, 2.45) is 5.92 Å². The molecule has 1 unspecified atom stereocenters. The third-order valence-electron chi connectivity index (χ3n) is 3.42. The molecule has 1 aliphatic rings. The highest BCUT2D eigenvalue weighted by molar-refractivity contribution is 5.22. The summed E-state index contributed by atoms with van der Waals surface area (Å²) in [5, 5.41) is 10.00. The van der Waals surface area contributed by atoms with Crippen molar-refractivity contribution >= 4 is 0 Å². The zero-order valence-corrected chi connectivity index (χ0v) is 10.6. The van der Waals surface area contributed by atoms with Crippen LogP contribution in [0.25, 0.3) is 0 Å². The average Bonchev–Trinajstić information content (AvgIpc) is 3.11. The van der Waals surface area contributed by atoms with E-state index >= 15 is 0 Å². The van der Waals surface area contributed by atoms with E-state index in [0.717, 1.165) is 13.1 Å². The van der Waals surface area contributed by atoms with Crippen LogP contribution in [0.3, 0.4) is 0 Å². The van der Waals surface area contributed by atoms with Gasteiger partial charge >= 0.3 is 0 Å². The predicted molar refractivity (Wildman–Crippen MR) is 66.2 cm³/mol. The van der Waals surface area contributed by atoms with E-state index in [1.54, 1.807) is 0 Å². The van der Waals surface area contributed by atoms with E-state index in [2.05, 4.69) is 0 Å². The van der Waals surface area contributed by atoms with Gasteiger partial charge in [-0.05, 0) is 37.4 Å². The third kappa shape index (κ3) is 3.27. The van der Waals surface area contributed by atoms with Crippen LogP contribution in [0.15, 0.2) is 18.2 Å². The number of hydrogen-bond donors (Lipinski definition) is 1. The fourth-order valence-electron chi connectivity index (χ4n) is 2.16. The van der Waals surface area contributed by atoms with Gasteiger partial charge < -0.3 is 10.0 Å². The first-order chi connectivity index (χ1) is 8.61. The number of aliphatic hydroxyl groups excluding tert-OH is 1. The summed E-state index contributed by atoms with van der Waals surface area (Å²) in [6, 6.07) is 3.67. The molecule has 100 valence electrons. The number of likely N-dealkylation sites (N-methyl/N-ethyl adjacent to an activating group) is 1. The molecule has 4 heteroatoms. The Morgan fingerprint density at radius 3 is 2.44 bits per heavy atom. The first-order valence-electron chi connectivity index (χ1n) is 6.46. The molecular formula is C14H19F2NO. The van der Waals surface area contributed by atoms with E-state index in [9.17, 15) is 13.9 Å². The van der Waals surface area contributed by atoms with Crippen molar-refractivity contribution in [1.29, 1.82) is 0 Å². The minimum absolute atomic E-state index is 0.216. The molecule has 1 aromatic rings. The topological polar surface area (TPSA) is 23.5 Å². The van der Waals surface area contributed by atoms with Gasteiger partial charge in [0.05, 0.1) is 11.7 Å². The van der Waals surface area contributed by atoms with Crippen LogP contribution < -0.4 is 0 Å². The van der Waals surface area contributed by atoms with Gasteiger partial charge in [-0.15, -0.1) is 0 Å². The fourth-order valence-corrected chi connectivity index (χ4v) is 2.16. The number of nitrogens with zero attached hydrogens (tertiary/aromatic N) is 1. The zero-order valence-electron chi connectivity index (χ0n) is 10.6. The molecular weight excluding hydrogens is 236 g/mol. The molecule has 0 aromatic heterocycles. The molecule has 1 aromatic carbocycles. The van der Waals surface area contributed by atoms with Crippen LogP contribution in [-0.4, -0.2) is 29.6 Å². The maximum Gasteiger partial charge on any atom is 0.131 e. The molecule has 1 fully saturated rings. The molecule has 1 atom stereocenters. The van der Waals surface area contributed by atoms with Crippen LogP contribution in [-0.2, 0) is 0 Å². The molecule has 0 saturated heterocycles. The summed E-state index contributed by atoms with van der Waals surface area (Å²) in [7, 11) is 0. The van der Waals surface area contributed by atoms with Crippen molar-refractivity contribution < 1.29 is 13.9 Å². The second-order valence-electron chi connectivity index (χ2n) is 4.95. The van der Waals surface area contributed by atoms with E-state index < -0.39 is 17.7 Å². The Morgan fingerprint density at radius 1 is 1.33 bits per heavy atom. The molecule has 0 heterocycles. The first kappa shape index (κ1) is 13.4. The van der Waals surface area contributed by atoms with Gasteiger partial charge in [-0.3, -0.25) is 0 Å². The fraction of sp³-hybridized carbons (Fsp3) is 0.571. The number of halogens is 2. The number of hydrogen-bond acceptors (Lipinski definition) is 2. The predicted octanol–water partition coefficient (Wildman–Crippen LogP) is 2.73. The van der Waals surface area contributed by atoms with Crippen LogP contribution in [0.1, 0.15) is 31.4 Å². The minimum Gasteiger partial charge on any atom is -0.387 e. The molecule has 0 spiro atoms. The van der Waals surface area contributed by atoms with Crippen molar-refractivity contribution in [2.75, 3.05) is 19.6 Å². The molecule has 18 heavy (non-hydrogen) atoms. The van der Waals surface area contributed by atoms with Crippen LogP contribution >= 0.6 is 0 Å². The van der Waals surface area contributed by atoms with Crippen LogP contribution in [0, 0.1) is 17.6 Å². The van der Waals surface area contributed by atoms with Crippen molar-refractivity contribution in [3.05, 3.63) is 35.4 Å². The van der Waals surface area contributed by atoms with E-state index in [0.29, 0.717) is 5.92 Å². The summed E-state index contributed by atoms with van der Waals surface area (Å²) in [6.07, 6.45) is 1.34. The largest absolute Gasteiger partial charge is 0.387 e. The first-order valence-corrected chi connectivity index (χ1v) is 6.46. The Balaban J connectivity index is 2.02. The van der Waals surface area contributed by atoms with Crippen molar-refractivity contribution in [3.8, 4) is 0 Å². The molecule has 0 radical (unpaired) electrons. The normalized spacial score (nSPS) is 17.2. The highest BCUT2D eigenvalue weighted by Crippen LogP contribution is 2.30. The van der Waals surface area contributed by atoms with Gasteiger partial charge in [-0.25, -0.2) is 8.78 Å². The van der Waals surface area contributed by atoms with Crippen LogP contribution in [0.5, 0.6) is 0 Å². The molecule has 0 amide bonds. The second-order valence-corrected chi connectivity index (χ2v) is 4.95. The van der Waals surface area contributed by atoms with E-state index in [4.69, 9.17) is 0 Å². The summed E-state index contributed by atoms with van der Waals surface area (Å²) in [6.45, 7) is 3.96. The monoisotopic (exact) mass is 255 g/mol. The Morgan fingerprint density at radius 2 is 1.94 bits per heavy atom. The third-order valence-corrected chi connectivity index (χ3v) is 3.42. The van der Waals surface area contributed by atoms with Gasteiger partial charge in [0.1, 0.15) is 11.6 Å². The molecule has 1 N–H and O–H groups in total. The van der Waals surface area contributed by atoms with Crippen molar-refractivity contribution in [2.45, 2.75) is 25.9 Å². The summed E-state index contributed by atoms with van der Waals surface area (Å²) >= 11 is 0. The quantitative estimate of drug-likeness (QED) is 0.845. The highest BCUT2D eigenvalue weighted by atomic mass is 19.1. The molecule has 1 aliphatic carbocycles. The van der Waals surface area contributed by atoms with Gasteiger partial charge in [-0.2, -0.15) is 0 Å². The maximum atomic E-state index is 13.5. The summed E-state index contributed by atoms with van der Waals surface area (Å²) in [4.78, 5) is 2.05. The second kappa shape index (κ2) is 5.76. The van der Waals surface area contributed by atoms with Gasteiger partial charge in [-0.1, -0.05) is 13.0 Å². The average molecular weight is 255 g/mol. The molecule has 0 bridgehead atoms. The molecule has 0 aliphatic heterocycles. The van der Waals surface area contributed by atoms with Gasteiger partial charge in [0, 0.05) is 13.1 Å². The minimum atomic E-state index is -1.11. The molecule has 2 nitrogen and oxygen atoms in total. The molecule has 1 saturated carbocycles. The summed E-state index contributed by atoms with van der Waals surface area (Å²) in [5.74, 6) is -0.655. The lowest BCUT2D eigenvalue weighted by Crippen LogP contribution is -2.31. The standard InChI is InChI=1S/C14H19F2NO/c1-2-17(8-10-6-7-10)9-13(18)14-11(15)4-3-5-12(14)16/h3-5,10,13,18H,2,6-9H2,1H3. The Hall–Kier alpha value is -1.00. The van der Waals surface area contributed by atoms with Crippen molar-refractivity contribution in [3.63, 3.8) is 0 Å². The smallest absolute Gasteiger partial charge is 0.131 e. The lowest BCUT2D eigenvalue weighted by Gasteiger charge is -2.24. The summed E-state index contributed by atoms with van der Waals surface area (Å²) < 4.78 is 27.0. The highest BCUT2D eigenvalue weighted by Gasteiger charge is 2.26. The Kier molecular flexibility index (Phi) is 4.30. The summed E-state index contributed by atoms with van der Waals surface area (Å²) in [5.41, 5.74) is -0.216. The number of rotatable bonds is 6. The number of benzene rings is 1. The van der Waals surface area contributed by atoms with E-state index in [1.807, 2.05) is 11.8 Å². The Bertz CT molecular complexity index is 387. The lowest BCUT2D eigenvalue weighted by molar-refractivity contribution is 0.107. The number of aliphatic hydroxyl groups is 1. The SMILES string of the molecule is CCN(CC1CC1)CC(O)c1c(F)cccc1F. The van der Waals surface area contributed by atoms with Crippen molar-refractivity contribution in [1.82, 2.24) is 4.90 Å². The Labute approximate surface area is 106 Å². The van der Waals surface area contributed by atoms with Crippen LogP contribution in [0.4, 0.5) is 8.78 Å². The molecule has 2 rings (SSSR count). The van der Waals surface area contributed by atoms with E-state index in [1.165, 1.54) is 31.0 Å².